The van der Waals surface area contributed by atoms with Gasteiger partial charge in [0.05, 0.1) is 18.1 Å². The van der Waals surface area contributed by atoms with Crippen molar-refractivity contribution in [3.05, 3.63) is 76.3 Å². The number of amides is 2. The fourth-order valence-electron chi connectivity index (χ4n) is 3.61. The van der Waals surface area contributed by atoms with E-state index in [1.807, 2.05) is 12.1 Å². The van der Waals surface area contributed by atoms with Crippen LogP contribution in [0.5, 0.6) is 0 Å². The summed E-state index contributed by atoms with van der Waals surface area (Å²) in [5.74, 6) is -0.327. The summed E-state index contributed by atoms with van der Waals surface area (Å²) in [5, 5.41) is 15.7. The smallest absolute Gasteiger partial charge is 0.407 e. The molecular weight excluding hydrogens is 440 g/mol. The molecular formula is C24H22N4O4S. The van der Waals surface area contributed by atoms with Crippen LogP contribution in [0.2, 0.25) is 0 Å². The predicted octanol–water partition coefficient (Wildman–Crippen LogP) is 4.09. The average Bonchev–Trinajstić information content (AvgIpc) is 3.45. The number of nitriles is 1. The predicted molar refractivity (Wildman–Crippen MR) is 124 cm³/mol. The molecule has 33 heavy (non-hydrogen) atoms. The quantitative estimate of drug-likeness (QED) is 0.511. The van der Waals surface area contributed by atoms with E-state index in [0.29, 0.717) is 42.8 Å². The molecule has 1 aliphatic rings. The van der Waals surface area contributed by atoms with Gasteiger partial charge in [0.2, 0.25) is 5.91 Å². The van der Waals surface area contributed by atoms with Crippen LogP contribution >= 0.6 is 11.3 Å². The van der Waals surface area contributed by atoms with Gasteiger partial charge in [0.25, 0.3) is 0 Å². The van der Waals surface area contributed by atoms with Crippen molar-refractivity contribution in [3.8, 4) is 6.07 Å². The van der Waals surface area contributed by atoms with E-state index in [4.69, 9.17) is 9.15 Å². The SMILES string of the molecule is N#Cc1c(NC(=O)C=Cc2ccoc2)sc2c1CCC(OC(=O)NCCc1cccnc1)C2. The lowest BCUT2D eigenvalue weighted by atomic mass is 9.94. The van der Waals surface area contributed by atoms with Gasteiger partial charge < -0.3 is 19.8 Å². The number of fused-ring (bicyclic) bond motifs is 1. The maximum absolute atomic E-state index is 12.3. The average molecular weight is 463 g/mol. The van der Waals surface area contributed by atoms with Gasteiger partial charge in [-0.25, -0.2) is 4.79 Å². The van der Waals surface area contributed by atoms with Crippen LogP contribution in [0.25, 0.3) is 6.08 Å². The highest BCUT2D eigenvalue weighted by Gasteiger charge is 2.28. The number of hydrogen-bond donors (Lipinski definition) is 2. The zero-order valence-corrected chi connectivity index (χ0v) is 18.6. The Morgan fingerprint density at radius 1 is 1.39 bits per heavy atom. The summed E-state index contributed by atoms with van der Waals surface area (Å²) in [6.07, 6.45) is 11.3. The van der Waals surface area contributed by atoms with Crippen molar-refractivity contribution in [2.45, 2.75) is 31.8 Å². The Kier molecular flexibility index (Phi) is 7.17. The maximum Gasteiger partial charge on any atom is 0.407 e. The van der Waals surface area contributed by atoms with Gasteiger partial charge >= 0.3 is 6.09 Å². The second-order valence-electron chi connectivity index (χ2n) is 7.51. The lowest BCUT2D eigenvalue weighted by Gasteiger charge is -2.22. The third kappa shape index (κ3) is 5.87. The van der Waals surface area contributed by atoms with Gasteiger partial charge in [-0.3, -0.25) is 9.78 Å². The monoisotopic (exact) mass is 462 g/mol. The number of nitrogens with zero attached hydrogens (tertiary/aromatic N) is 2. The number of carbonyl (C=O) groups excluding carboxylic acids is 2. The molecule has 0 aromatic carbocycles. The number of anilines is 1. The molecule has 1 unspecified atom stereocenters. The summed E-state index contributed by atoms with van der Waals surface area (Å²) in [5.41, 5.74) is 3.22. The molecule has 1 aliphatic carbocycles. The van der Waals surface area contributed by atoms with E-state index in [0.717, 1.165) is 21.6 Å². The molecule has 8 nitrogen and oxygen atoms in total. The molecule has 9 heteroatoms. The molecule has 0 aliphatic heterocycles. The molecule has 1 atom stereocenters. The van der Waals surface area contributed by atoms with Crippen LogP contribution in [0.1, 0.15) is 33.6 Å². The highest BCUT2D eigenvalue weighted by molar-refractivity contribution is 7.16. The number of ether oxygens (including phenoxy) is 1. The fourth-order valence-corrected chi connectivity index (χ4v) is 4.87. The molecule has 0 saturated carbocycles. The Balaban J connectivity index is 1.31. The number of rotatable bonds is 7. The first-order valence-corrected chi connectivity index (χ1v) is 11.3. The van der Waals surface area contributed by atoms with Crippen LogP contribution in [0.3, 0.4) is 0 Å². The van der Waals surface area contributed by atoms with Crippen LogP contribution in [0.4, 0.5) is 9.80 Å². The number of aromatic nitrogens is 1. The fraction of sp³-hybridized carbons (Fsp3) is 0.250. The van der Waals surface area contributed by atoms with E-state index in [1.54, 1.807) is 24.5 Å². The number of pyridine rings is 1. The third-order valence-electron chi connectivity index (χ3n) is 5.22. The molecule has 3 heterocycles. The molecule has 0 fully saturated rings. The van der Waals surface area contributed by atoms with Crippen LogP contribution in [0, 0.1) is 11.3 Å². The Morgan fingerprint density at radius 2 is 2.30 bits per heavy atom. The Hall–Kier alpha value is -3.90. The molecule has 4 rings (SSSR count). The van der Waals surface area contributed by atoms with Crippen LogP contribution in [-0.2, 0) is 28.8 Å². The molecule has 2 N–H and O–H groups in total. The first-order chi connectivity index (χ1) is 16.1. The van der Waals surface area contributed by atoms with E-state index in [2.05, 4.69) is 21.7 Å². The molecule has 2 amide bonds. The number of alkyl carbamates (subject to hydrolysis) is 1. The zero-order valence-electron chi connectivity index (χ0n) is 17.7. The van der Waals surface area contributed by atoms with Gasteiger partial charge in [0, 0.05) is 41.9 Å². The first-order valence-electron chi connectivity index (χ1n) is 10.5. The van der Waals surface area contributed by atoms with Crippen molar-refractivity contribution in [1.82, 2.24) is 10.3 Å². The van der Waals surface area contributed by atoms with Crippen molar-refractivity contribution >= 4 is 34.4 Å². The summed E-state index contributed by atoms with van der Waals surface area (Å²) in [4.78, 5) is 29.5. The summed E-state index contributed by atoms with van der Waals surface area (Å²) in [7, 11) is 0. The standard InChI is InChI=1S/C24H22N4O4S/c25-13-20-19-5-4-18(32-24(30)27-10-7-16-2-1-9-26-14-16)12-21(19)33-23(20)28-22(29)6-3-17-8-11-31-15-17/h1-3,6,8-9,11,14-15,18H,4-5,7,10,12H2,(H,27,30)(H,28,29). The highest BCUT2D eigenvalue weighted by Crippen LogP contribution is 2.38. The van der Waals surface area contributed by atoms with E-state index < -0.39 is 6.09 Å². The number of thiophene rings is 1. The van der Waals surface area contributed by atoms with Crippen LogP contribution in [0.15, 0.2) is 53.6 Å². The van der Waals surface area contributed by atoms with Crippen molar-refractivity contribution in [2.24, 2.45) is 0 Å². The Morgan fingerprint density at radius 3 is 3.06 bits per heavy atom. The zero-order chi connectivity index (χ0) is 23.0. The van der Waals surface area contributed by atoms with Gasteiger partial charge in [-0.1, -0.05) is 6.07 Å². The number of hydrogen-bond acceptors (Lipinski definition) is 7. The van der Waals surface area contributed by atoms with Gasteiger partial charge in [-0.05, 0) is 48.6 Å². The molecule has 3 aromatic rings. The lowest BCUT2D eigenvalue weighted by molar-refractivity contribution is -0.111. The Labute approximate surface area is 194 Å². The molecule has 3 aromatic heterocycles. The highest BCUT2D eigenvalue weighted by atomic mass is 32.1. The largest absolute Gasteiger partial charge is 0.472 e. The van der Waals surface area contributed by atoms with Crippen molar-refractivity contribution in [1.29, 1.82) is 5.26 Å². The molecule has 0 saturated heterocycles. The summed E-state index contributed by atoms with van der Waals surface area (Å²) >= 11 is 1.36. The lowest BCUT2D eigenvalue weighted by Crippen LogP contribution is -2.33. The number of nitrogens with one attached hydrogen (secondary N) is 2. The van der Waals surface area contributed by atoms with Crippen molar-refractivity contribution < 1.29 is 18.7 Å². The van der Waals surface area contributed by atoms with Crippen molar-refractivity contribution in [2.75, 3.05) is 11.9 Å². The number of furan rings is 1. The van der Waals surface area contributed by atoms with Gasteiger partial charge in [0.1, 0.15) is 17.2 Å². The van der Waals surface area contributed by atoms with E-state index >= 15 is 0 Å². The van der Waals surface area contributed by atoms with Gasteiger partial charge in [-0.15, -0.1) is 11.3 Å². The first kappa shape index (κ1) is 22.3. The molecule has 0 radical (unpaired) electrons. The third-order valence-corrected chi connectivity index (χ3v) is 6.39. The summed E-state index contributed by atoms with van der Waals surface area (Å²) < 4.78 is 10.5. The van der Waals surface area contributed by atoms with Crippen molar-refractivity contribution in [3.63, 3.8) is 0 Å². The minimum absolute atomic E-state index is 0.273. The van der Waals surface area contributed by atoms with E-state index in [9.17, 15) is 14.9 Å². The van der Waals surface area contributed by atoms with Gasteiger partial charge in [0.15, 0.2) is 0 Å². The molecule has 0 spiro atoms. The van der Waals surface area contributed by atoms with Crippen LogP contribution < -0.4 is 10.6 Å². The summed E-state index contributed by atoms with van der Waals surface area (Å²) in [6, 6.07) is 7.76. The Bertz CT molecular complexity index is 1180. The minimum atomic E-state index is -0.456. The van der Waals surface area contributed by atoms with E-state index in [1.165, 1.54) is 29.9 Å². The molecule has 168 valence electrons. The topological polar surface area (TPSA) is 117 Å². The van der Waals surface area contributed by atoms with E-state index in [-0.39, 0.29) is 12.0 Å². The second kappa shape index (κ2) is 10.6. The maximum atomic E-state index is 12.3. The minimum Gasteiger partial charge on any atom is -0.472 e. The second-order valence-corrected chi connectivity index (χ2v) is 8.61. The van der Waals surface area contributed by atoms with Crippen LogP contribution in [-0.4, -0.2) is 29.6 Å². The normalized spacial score (nSPS) is 14.9. The van der Waals surface area contributed by atoms with Gasteiger partial charge in [-0.2, -0.15) is 5.26 Å². The number of carbonyl (C=O) groups is 2. The summed E-state index contributed by atoms with van der Waals surface area (Å²) in [6.45, 7) is 0.461. The molecule has 0 bridgehead atoms.